The van der Waals surface area contributed by atoms with Crippen molar-refractivity contribution in [3.63, 3.8) is 0 Å². The van der Waals surface area contributed by atoms with E-state index >= 15 is 0 Å². The molecule has 34 heavy (non-hydrogen) atoms. The fourth-order valence-electron chi connectivity index (χ4n) is 4.12. The van der Waals surface area contributed by atoms with Crippen LogP contribution in [0.25, 0.3) is 21.6 Å². The highest BCUT2D eigenvalue weighted by molar-refractivity contribution is 7.17. The summed E-state index contributed by atoms with van der Waals surface area (Å²) in [6, 6.07) is 7.07. The highest BCUT2D eigenvalue weighted by atomic mass is 32.1. The predicted molar refractivity (Wildman–Crippen MR) is 130 cm³/mol. The van der Waals surface area contributed by atoms with Gasteiger partial charge in [-0.1, -0.05) is 6.58 Å². The third-order valence-corrected chi connectivity index (χ3v) is 6.82. The number of nitrogens with two attached hydrogens (primary N) is 1. The number of nitrogen functional groups attached to an aromatic ring is 1. The molecule has 10 nitrogen and oxygen atoms in total. The SMILES string of the molecule is C=CC(=O)N1CCCC(n2nc(-c3ccc(C(=O)Nc4cccnc4)s3)c3c(N)ncnc32)C1. The van der Waals surface area contributed by atoms with Gasteiger partial charge in [0.2, 0.25) is 5.91 Å². The van der Waals surface area contributed by atoms with Crippen molar-refractivity contribution < 1.29 is 9.59 Å². The Hall–Kier alpha value is -4.12. The Morgan fingerprint density at radius 1 is 1.26 bits per heavy atom. The van der Waals surface area contributed by atoms with Crippen LogP contribution >= 0.6 is 11.3 Å². The molecule has 4 aromatic rings. The van der Waals surface area contributed by atoms with E-state index in [0.29, 0.717) is 46.2 Å². The number of hydrogen-bond donors (Lipinski definition) is 2. The number of nitrogens with one attached hydrogen (secondary N) is 1. The van der Waals surface area contributed by atoms with E-state index in [9.17, 15) is 9.59 Å². The highest BCUT2D eigenvalue weighted by Gasteiger charge is 2.28. The summed E-state index contributed by atoms with van der Waals surface area (Å²) in [5, 5.41) is 8.33. The maximum absolute atomic E-state index is 12.7. The molecule has 0 saturated carbocycles. The van der Waals surface area contributed by atoms with Crippen molar-refractivity contribution in [1.82, 2.24) is 29.6 Å². The van der Waals surface area contributed by atoms with Crippen LogP contribution in [0, 0.1) is 0 Å². The van der Waals surface area contributed by atoms with E-state index < -0.39 is 0 Å². The summed E-state index contributed by atoms with van der Waals surface area (Å²) in [6.45, 7) is 4.79. The van der Waals surface area contributed by atoms with E-state index in [4.69, 9.17) is 10.8 Å². The number of piperidine rings is 1. The van der Waals surface area contributed by atoms with Gasteiger partial charge in [0.05, 0.1) is 33.1 Å². The first-order chi connectivity index (χ1) is 16.5. The third-order valence-electron chi connectivity index (χ3n) is 5.73. The molecule has 0 aliphatic carbocycles. The van der Waals surface area contributed by atoms with Gasteiger partial charge in [0.25, 0.3) is 5.91 Å². The van der Waals surface area contributed by atoms with Crippen LogP contribution < -0.4 is 11.1 Å². The van der Waals surface area contributed by atoms with Gasteiger partial charge in [-0.2, -0.15) is 5.10 Å². The lowest BCUT2D eigenvalue weighted by Gasteiger charge is -2.32. The van der Waals surface area contributed by atoms with Crippen molar-refractivity contribution in [2.75, 3.05) is 24.1 Å². The molecule has 3 N–H and O–H groups in total. The van der Waals surface area contributed by atoms with Gasteiger partial charge in [0, 0.05) is 19.3 Å². The van der Waals surface area contributed by atoms with E-state index in [1.54, 1.807) is 35.5 Å². The van der Waals surface area contributed by atoms with Crippen molar-refractivity contribution in [3.05, 3.63) is 60.5 Å². The van der Waals surface area contributed by atoms with Crippen LogP contribution in [0.5, 0.6) is 0 Å². The number of thiophene rings is 1. The number of amides is 2. The van der Waals surface area contributed by atoms with Crippen LogP contribution in [0.3, 0.4) is 0 Å². The second-order valence-electron chi connectivity index (χ2n) is 7.89. The second kappa shape index (κ2) is 9.02. The maximum Gasteiger partial charge on any atom is 0.265 e. The first-order valence-corrected chi connectivity index (χ1v) is 11.6. The van der Waals surface area contributed by atoms with Gasteiger partial charge >= 0.3 is 0 Å². The van der Waals surface area contributed by atoms with Crippen molar-refractivity contribution >= 4 is 45.7 Å². The van der Waals surface area contributed by atoms with E-state index in [2.05, 4.69) is 26.8 Å². The number of fused-ring (bicyclic) bond motifs is 1. The Morgan fingerprint density at radius 2 is 2.15 bits per heavy atom. The number of nitrogens with zero attached hydrogens (tertiary/aromatic N) is 6. The second-order valence-corrected chi connectivity index (χ2v) is 8.98. The number of aromatic nitrogens is 5. The zero-order chi connectivity index (χ0) is 23.7. The van der Waals surface area contributed by atoms with Crippen molar-refractivity contribution in [3.8, 4) is 10.6 Å². The van der Waals surface area contributed by atoms with Crippen molar-refractivity contribution in [2.45, 2.75) is 18.9 Å². The predicted octanol–water partition coefficient (Wildman–Crippen LogP) is 3.13. The molecule has 4 aromatic heterocycles. The Labute approximate surface area is 199 Å². The average Bonchev–Trinajstić information content (AvgIpc) is 3.50. The third kappa shape index (κ3) is 4.01. The standard InChI is InChI=1S/C23H22N8O2S/c1-2-18(32)30-10-4-6-15(12-30)31-22-19(21(24)26-13-27-22)20(29-31)16-7-8-17(34-16)23(33)28-14-5-3-9-25-11-14/h2-3,5,7-9,11,13,15H,1,4,6,10,12H2,(H,28,33)(H2,24,26,27). The highest BCUT2D eigenvalue weighted by Crippen LogP contribution is 2.37. The van der Waals surface area contributed by atoms with Crippen molar-refractivity contribution in [2.24, 2.45) is 0 Å². The smallest absolute Gasteiger partial charge is 0.265 e. The van der Waals surface area contributed by atoms with Crippen LogP contribution in [-0.4, -0.2) is 54.5 Å². The molecular weight excluding hydrogens is 452 g/mol. The van der Waals surface area contributed by atoms with Crippen LogP contribution in [0.15, 0.2) is 55.6 Å². The lowest BCUT2D eigenvalue weighted by atomic mass is 10.1. The van der Waals surface area contributed by atoms with Gasteiger partial charge < -0.3 is 16.0 Å². The number of carbonyl (C=O) groups excluding carboxylic acids is 2. The molecule has 1 fully saturated rings. The van der Waals surface area contributed by atoms with E-state index in [1.807, 2.05) is 10.7 Å². The summed E-state index contributed by atoms with van der Waals surface area (Å²) in [4.78, 5) is 40.6. The number of carbonyl (C=O) groups is 2. The van der Waals surface area contributed by atoms with Gasteiger partial charge in [-0.15, -0.1) is 11.3 Å². The Morgan fingerprint density at radius 3 is 2.94 bits per heavy atom. The lowest BCUT2D eigenvalue weighted by molar-refractivity contribution is -0.127. The molecule has 2 amide bonds. The zero-order valence-electron chi connectivity index (χ0n) is 18.2. The molecule has 172 valence electrons. The number of hydrogen-bond acceptors (Lipinski definition) is 8. The zero-order valence-corrected chi connectivity index (χ0v) is 19.0. The summed E-state index contributed by atoms with van der Waals surface area (Å²) in [5.41, 5.74) is 8.08. The van der Waals surface area contributed by atoms with E-state index in [1.165, 1.54) is 23.7 Å². The van der Waals surface area contributed by atoms with Crippen LogP contribution in [-0.2, 0) is 4.79 Å². The molecule has 5 rings (SSSR count). The Balaban J connectivity index is 1.50. The van der Waals surface area contributed by atoms with Gasteiger partial charge in [0.15, 0.2) is 5.65 Å². The Kier molecular flexibility index (Phi) is 5.76. The number of likely N-dealkylation sites (tertiary alicyclic amines) is 1. The summed E-state index contributed by atoms with van der Waals surface area (Å²) in [6.07, 6.45) is 7.68. The Bertz CT molecular complexity index is 1380. The lowest BCUT2D eigenvalue weighted by Crippen LogP contribution is -2.40. The minimum atomic E-state index is -0.233. The summed E-state index contributed by atoms with van der Waals surface area (Å²) in [5.74, 6) is -0.0167. The van der Waals surface area contributed by atoms with Gasteiger partial charge in [-0.3, -0.25) is 14.6 Å². The number of rotatable bonds is 5. The van der Waals surface area contributed by atoms with Gasteiger partial charge in [-0.25, -0.2) is 14.6 Å². The van der Waals surface area contributed by atoms with Crippen LogP contribution in [0.1, 0.15) is 28.6 Å². The molecule has 1 aliphatic heterocycles. The molecular formula is C23H22N8O2S. The molecule has 0 spiro atoms. The van der Waals surface area contributed by atoms with E-state index in [0.717, 1.165) is 17.7 Å². The first-order valence-electron chi connectivity index (χ1n) is 10.8. The number of anilines is 2. The average molecular weight is 475 g/mol. The van der Waals surface area contributed by atoms with E-state index in [-0.39, 0.29) is 17.9 Å². The normalized spacial score (nSPS) is 15.9. The fourth-order valence-corrected chi connectivity index (χ4v) is 5.02. The summed E-state index contributed by atoms with van der Waals surface area (Å²) in [7, 11) is 0. The quantitative estimate of drug-likeness (QED) is 0.425. The van der Waals surface area contributed by atoms with Crippen molar-refractivity contribution in [1.29, 1.82) is 0 Å². The molecule has 1 unspecified atom stereocenters. The topological polar surface area (TPSA) is 132 Å². The molecule has 0 aromatic carbocycles. The largest absolute Gasteiger partial charge is 0.383 e. The summed E-state index contributed by atoms with van der Waals surface area (Å²) >= 11 is 1.31. The molecule has 0 bridgehead atoms. The van der Waals surface area contributed by atoms with Crippen LogP contribution in [0.4, 0.5) is 11.5 Å². The van der Waals surface area contributed by atoms with Gasteiger partial charge in [-0.05, 0) is 43.2 Å². The molecule has 1 saturated heterocycles. The van der Waals surface area contributed by atoms with Crippen LogP contribution in [0.2, 0.25) is 0 Å². The molecule has 1 atom stereocenters. The summed E-state index contributed by atoms with van der Waals surface area (Å²) < 4.78 is 1.83. The molecule has 11 heteroatoms. The minimum absolute atomic E-state index is 0.0588. The monoisotopic (exact) mass is 474 g/mol. The fraction of sp³-hybridized carbons (Fsp3) is 0.217. The minimum Gasteiger partial charge on any atom is -0.383 e. The maximum atomic E-state index is 12.7. The molecule has 0 radical (unpaired) electrons. The molecule has 1 aliphatic rings. The van der Waals surface area contributed by atoms with Gasteiger partial charge in [0.1, 0.15) is 17.8 Å². The molecule has 5 heterocycles. The first kappa shape index (κ1) is 21.7. The number of pyridine rings is 1.